The van der Waals surface area contributed by atoms with Crippen LogP contribution in [-0.4, -0.2) is 73.0 Å². The first-order valence-corrected chi connectivity index (χ1v) is 9.59. The van der Waals surface area contributed by atoms with Crippen molar-refractivity contribution in [2.45, 2.75) is 59.2 Å². The van der Waals surface area contributed by atoms with Gasteiger partial charge in [-0.05, 0) is 42.6 Å². The van der Waals surface area contributed by atoms with Gasteiger partial charge >= 0.3 is 0 Å². The van der Waals surface area contributed by atoms with Gasteiger partial charge in [0.15, 0.2) is 0 Å². The molecule has 0 aromatic rings. The van der Waals surface area contributed by atoms with Crippen LogP contribution in [0.1, 0.15) is 47.0 Å². The molecule has 0 spiro atoms. The lowest BCUT2D eigenvalue weighted by molar-refractivity contribution is -0.114. The second-order valence-corrected chi connectivity index (χ2v) is 9.02. The normalized spacial score (nSPS) is 39.0. The minimum absolute atomic E-state index is 0.263. The maximum Gasteiger partial charge on any atom is 0.0900 e. The van der Waals surface area contributed by atoms with Crippen molar-refractivity contribution < 1.29 is 9.84 Å². The minimum atomic E-state index is -0.360. The Kier molecular flexibility index (Phi) is 5.09. The molecular formula is C19H36N2O2. The highest BCUT2D eigenvalue weighted by Crippen LogP contribution is 2.63. The molecule has 1 saturated heterocycles. The lowest BCUT2D eigenvalue weighted by atomic mass is 9.70. The van der Waals surface area contributed by atoms with E-state index in [2.05, 4.69) is 37.5 Å². The molecule has 2 aliphatic carbocycles. The van der Waals surface area contributed by atoms with E-state index in [-0.39, 0.29) is 11.5 Å². The highest BCUT2D eigenvalue weighted by Gasteiger charge is 2.60. The SMILES string of the molecule is CCN1CCN(CC(O)COC2C3(C)CCC(C3)C2(C)C)CC1. The Labute approximate surface area is 142 Å². The van der Waals surface area contributed by atoms with E-state index in [0.29, 0.717) is 18.1 Å². The molecule has 1 N–H and O–H groups in total. The third-order valence-electron chi connectivity index (χ3n) is 6.97. The van der Waals surface area contributed by atoms with E-state index < -0.39 is 0 Å². The molecule has 0 amide bonds. The monoisotopic (exact) mass is 324 g/mol. The van der Waals surface area contributed by atoms with E-state index in [4.69, 9.17) is 4.74 Å². The van der Waals surface area contributed by atoms with Crippen molar-refractivity contribution in [3.05, 3.63) is 0 Å². The number of hydrogen-bond donors (Lipinski definition) is 1. The number of β-amino-alcohol motifs (C(OH)–C–C–N with tert-alkyl or cyclic N) is 1. The van der Waals surface area contributed by atoms with E-state index in [1.807, 2.05) is 0 Å². The zero-order valence-corrected chi connectivity index (χ0v) is 15.6. The van der Waals surface area contributed by atoms with Crippen molar-refractivity contribution in [3.63, 3.8) is 0 Å². The Balaban J connectivity index is 1.45. The Morgan fingerprint density at radius 2 is 1.78 bits per heavy atom. The molecule has 0 aromatic carbocycles. The summed E-state index contributed by atoms with van der Waals surface area (Å²) in [6.07, 6.45) is 3.90. The van der Waals surface area contributed by atoms with E-state index in [9.17, 15) is 5.11 Å². The number of aliphatic hydroxyl groups is 1. The van der Waals surface area contributed by atoms with Gasteiger partial charge in [0.05, 0.1) is 18.8 Å². The summed E-state index contributed by atoms with van der Waals surface area (Å²) in [5.41, 5.74) is 0.597. The van der Waals surface area contributed by atoms with Crippen LogP contribution in [0.2, 0.25) is 0 Å². The quantitative estimate of drug-likeness (QED) is 0.813. The average molecular weight is 325 g/mol. The Bertz CT molecular complexity index is 401. The number of ether oxygens (including phenoxy) is 1. The van der Waals surface area contributed by atoms with Crippen LogP contribution in [0.4, 0.5) is 0 Å². The molecule has 4 unspecified atom stereocenters. The number of nitrogens with zero attached hydrogens (tertiary/aromatic N) is 2. The van der Waals surface area contributed by atoms with Gasteiger partial charge in [-0.1, -0.05) is 27.7 Å². The average Bonchev–Trinajstić information content (AvgIpc) is 2.98. The fourth-order valence-electron chi connectivity index (χ4n) is 5.52. The van der Waals surface area contributed by atoms with E-state index in [1.165, 1.54) is 19.3 Å². The third-order valence-corrected chi connectivity index (χ3v) is 6.97. The van der Waals surface area contributed by atoms with Crippen LogP contribution >= 0.6 is 0 Å². The van der Waals surface area contributed by atoms with Gasteiger partial charge in [0, 0.05) is 32.7 Å². The number of rotatable bonds is 6. The smallest absolute Gasteiger partial charge is 0.0900 e. The lowest BCUT2D eigenvalue weighted by Gasteiger charge is -2.43. The van der Waals surface area contributed by atoms with Crippen molar-refractivity contribution in [2.75, 3.05) is 45.9 Å². The molecule has 3 aliphatic rings. The van der Waals surface area contributed by atoms with Crippen molar-refractivity contribution in [1.82, 2.24) is 9.80 Å². The van der Waals surface area contributed by atoms with E-state index >= 15 is 0 Å². The predicted molar refractivity (Wildman–Crippen MR) is 93.5 cm³/mol. The molecule has 1 aliphatic heterocycles. The van der Waals surface area contributed by atoms with Gasteiger partial charge < -0.3 is 14.7 Å². The van der Waals surface area contributed by atoms with Gasteiger partial charge in [0.2, 0.25) is 0 Å². The second kappa shape index (κ2) is 6.62. The third kappa shape index (κ3) is 3.46. The van der Waals surface area contributed by atoms with Crippen molar-refractivity contribution in [2.24, 2.45) is 16.7 Å². The molecular weight excluding hydrogens is 288 g/mol. The zero-order chi connectivity index (χ0) is 16.7. The van der Waals surface area contributed by atoms with Crippen LogP contribution in [0.5, 0.6) is 0 Å². The molecule has 0 radical (unpaired) electrons. The topological polar surface area (TPSA) is 35.9 Å². The summed E-state index contributed by atoms with van der Waals surface area (Å²) in [6, 6.07) is 0. The number of hydrogen-bond acceptors (Lipinski definition) is 4. The number of piperazine rings is 1. The zero-order valence-electron chi connectivity index (χ0n) is 15.6. The molecule has 2 bridgehead atoms. The van der Waals surface area contributed by atoms with Gasteiger partial charge in [0.25, 0.3) is 0 Å². The minimum Gasteiger partial charge on any atom is -0.389 e. The molecule has 3 rings (SSSR count). The Hall–Kier alpha value is -0.160. The number of likely N-dealkylation sites (N-methyl/N-ethyl adjacent to an activating group) is 1. The first-order valence-electron chi connectivity index (χ1n) is 9.59. The molecule has 134 valence electrons. The molecule has 3 fully saturated rings. The van der Waals surface area contributed by atoms with Gasteiger partial charge in [0.1, 0.15) is 0 Å². The highest BCUT2D eigenvalue weighted by atomic mass is 16.5. The van der Waals surface area contributed by atoms with Crippen LogP contribution in [0, 0.1) is 16.7 Å². The highest BCUT2D eigenvalue weighted by molar-refractivity contribution is 5.09. The lowest BCUT2D eigenvalue weighted by Crippen LogP contribution is -2.49. The van der Waals surface area contributed by atoms with Crippen molar-refractivity contribution >= 4 is 0 Å². The van der Waals surface area contributed by atoms with Crippen LogP contribution in [0.15, 0.2) is 0 Å². The summed E-state index contributed by atoms with van der Waals surface area (Å²) < 4.78 is 6.31. The first kappa shape index (κ1) is 17.7. The Morgan fingerprint density at radius 3 is 2.35 bits per heavy atom. The predicted octanol–water partition coefficient (Wildman–Crippen LogP) is 2.22. The number of aliphatic hydroxyl groups excluding tert-OH is 1. The molecule has 0 aromatic heterocycles. The van der Waals surface area contributed by atoms with Crippen LogP contribution in [0.3, 0.4) is 0 Å². The standard InChI is InChI=1S/C19H36N2O2/c1-5-20-8-10-21(11-9-20)13-16(22)14-23-17-18(2,3)15-6-7-19(17,4)12-15/h15-17,22H,5-14H2,1-4H3. The number of fused-ring (bicyclic) bond motifs is 2. The van der Waals surface area contributed by atoms with E-state index in [0.717, 1.165) is 45.2 Å². The van der Waals surface area contributed by atoms with Crippen LogP contribution < -0.4 is 0 Å². The summed E-state index contributed by atoms with van der Waals surface area (Å²) in [7, 11) is 0. The van der Waals surface area contributed by atoms with Crippen LogP contribution in [-0.2, 0) is 4.74 Å². The molecule has 2 saturated carbocycles. The van der Waals surface area contributed by atoms with Crippen molar-refractivity contribution in [1.29, 1.82) is 0 Å². The summed E-state index contributed by atoms with van der Waals surface area (Å²) >= 11 is 0. The molecule has 23 heavy (non-hydrogen) atoms. The summed E-state index contributed by atoms with van der Waals surface area (Å²) in [5, 5.41) is 10.4. The van der Waals surface area contributed by atoms with Gasteiger partial charge in [-0.3, -0.25) is 4.90 Å². The van der Waals surface area contributed by atoms with Crippen LogP contribution in [0.25, 0.3) is 0 Å². The van der Waals surface area contributed by atoms with Gasteiger partial charge in [-0.15, -0.1) is 0 Å². The molecule has 1 heterocycles. The summed E-state index contributed by atoms with van der Waals surface area (Å²) in [5.74, 6) is 0.803. The van der Waals surface area contributed by atoms with E-state index in [1.54, 1.807) is 0 Å². The van der Waals surface area contributed by atoms with Crippen molar-refractivity contribution in [3.8, 4) is 0 Å². The maximum absolute atomic E-state index is 10.4. The summed E-state index contributed by atoms with van der Waals surface area (Å²) in [4.78, 5) is 4.85. The molecule has 4 nitrogen and oxygen atoms in total. The Morgan fingerprint density at radius 1 is 1.13 bits per heavy atom. The van der Waals surface area contributed by atoms with Gasteiger partial charge in [-0.2, -0.15) is 0 Å². The van der Waals surface area contributed by atoms with Gasteiger partial charge in [-0.25, -0.2) is 0 Å². The maximum atomic E-state index is 10.4. The second-order valence-electron chi connectivity index (χ2n) is 9.02. The molecule has 4 heteroatoms. The summed E-state index contributed by atoms with van der Waals surface area (Å²) in [6.45, 7) is 16.1. The largest absolute Gasteiger partial charge is 0.389 e. The fraction of sp³-hybridized carbons (Fsp3) is 1.00. The fourth-order valence-corrected chi connectivity index (χ4v) is 5.52. The first-order chi connectivity index (χ1) is 10.8. The molecule has 4 atom stereocenters.